The number of anilines is 1. The van der Waals surface area contributed by atoms with Gasteiger partial charge in [-0.05, 0) is 62.4 Å². The van der Waals surface area contributed by atoms with Gasteiger partial charge in [0.25, 0.3) is 5.91 Å². The second kappa shape index (κ2) is 6.73. The Morgan fingerprint density at radius 1 is 1.14 bits per heavy atom. The lowest BCUT2D eigenvalue weighted by molar-refractivity contribution is 0.102. The summed E-state index contributed by atoms with van der Waals surface area (Å²) in [4.78, 5) is 16.8. The molecule has 0 saturated heterocycles. The van der Waals surface area contributed by atoms with E-state index in [4.69, 9.17) is 0 Å². The molecule has 0 radical (unpaired) electrons. The minimum absolute atomic E-state index is 0.0899. The molecule has 0 saturated carbocycles. The number of carbonyl (C=O) groups excluding carboxylic acids is 1. The monoisotopic (exact) mass is 296 g/mol. The molecule has 1 aromatic carbocycles. The van der Waals surface area contributed by atoms with Gasteiger partial charge in [0.1, 0.15) is 0 Å². The number of aromatic nitrogens is 1. The molecule has 3 heteroatoms. The Kier molecular flexibility index (Phi) is 4.96. The highest BCUT2D eigenvalue weighted by Crippen LogP contribution is 2.20. The summed E-state index contributed by atoms with van der Waals surface area (Å²) >= 11 is 0. The number of hydrogen-bond donors (Lipinski definition) is 1. The first kappa shape index (κ1) is 16.2. The molecule has 0 aliphatic carbocycles. The van der Waals surface area contributed by atoms with Crippen LogP contribution in [0.5, 0.6) is 0 Å². The van der Waals surface area contributed by atoms with Gasteiger partial charge in [0, 0.05) is 11.3 Å². The Bertz CT molecular complexity index is 649. The minimum atomic E-state index is -0.0899. The van der Waals surface area contributed by atoms with Crippen molar-refractivity contribution >= 4 is 11.6 Å². The van der Waals surface area contributed by atoms with Crippen LogP contribution in [0.4, 0.5) is 5.69 Å². The zero-order valence-corrected chi connectivity index (χ0v) is 14.0. The van der Waals surface area contributed by atoms with Crippen molar-refractivity contribution in [2.45, 2.75) is 41.0 Å². The summed E-state index contributed by atoms with van der Waals surface area (Å²) in [5.41, 5.74) is 5.59. The molecular weight excluding hydrogens is 272 g/mol. The average molecular weight is 296 g/mol. The average Bonchev–Trinajstić information content (AvgIpc) is 2.42. The number of nitrogens with one attached hydrogen (secondary N) is 1. The summed E-state index contributed by atoms with van der Waals surface area (Å²) < 4.78 is 0. The molecule has 0 spiro atoms. The van der Waals surface area contributed by atoms with Crippen molar-refractivity contribution in [3.8, 4) is 0 Å². The Hall–Kier alpha value is -2.16. The van der Waals surface area contributed by atoms with Gasteiger partial charge in [-0.2, -0.15) is 0 Å². The first-order chi connectivity index (χ1) is 10.4. The lowest BCUT2D eigenvalue weighted by Crippen LogP contribution is -2.14. The third kappa shape index (κ3) is 3.94. The molecule has 116 valence electrons. The molecular formula is C19H24N2O. The Morgan fingerprint density at radius 2 is 1.77 bits per heavy atom. The van der Waals surface area contributed by atoms with Gasteiger partial charge in [-0.3, -0.25) is 9.78 Å². The Morgan fingerprint density at radius 3 is 2.32 bits per heavy atom. The quantitative estimate of drug-likeness (QED) is 0.905. The van der Waals surface area contributed by atoms with Gasteiger partial charge in [-0.1, -0.05) is 26.0 Å². The molecule has 0 aliphatic rings. The van der Waals surface area contributed by atoms with Gasteiger partial charge in [0.15, 0.2) is 0 Å². The van der Waals surface area contributed by atoms with Crippen LogP contribution in [0.25, 0.3) is 0 Å². The molecule has 1 amide bonds. The largest absolute Gasteiger partial charge is 0.320 e. The van der Waals surface area contributed by atoms with Crippen LogP contribution in [0, 0.1) is 26.7 Å². The van der Waals surface area contributed by atoms with E-state index in [1.165, 1.54) is 5.56 Å². The second-order valence-electron chi connectivity index (χ2n) is 6.29. The van der Waals surface area contributed by atoms with E-state index in [2.05, 4.69) is 24.1 Å². The summed E-state index contributed by atoms with van der Waals surface area (Å²) in [6.07, 6.45) is 1.03. The van der Waals surface area contributed by atoms with Crippen LogP contribution in [0.3, 0.4) is 0 Å². The maximum atomic E-state index is 12.4. The van der Waals surface area contributed by atoms with E-state index in [-0.39, 0.29) is 5.91 Å². The first-order valence-electron chi connectivity index (χ1n) is 7.72. The summed E-state index contributed by atoms with van der Waals surface area (Å²) in [6.45, 7) is 10.2. The van der Waals surface area contributed by atoms with Crippen LogP contribution in [-0.2, 0) is 6.42 Å². The normalized spacial score (nSPS) is 10.8. The van der Waals surface area contributed by atoms with Crippen molar-refractivity contribution < 1.29 is 4.79 Å². The maximum Gasteiger partial charge on any atom is 0.255 e. The van der Waals surface area contributed by atoms with E-state index in [1.54, 1.807) is 0 Å². The molecule has 0 fully saturated rings. The predicted octanol–water partition coefficient (Wildman–Crippen LogP) is 4.46. The molecule has 2 rings (SSSR count). The first-order valence-corrected chi connectivity index (χ1v) is 7.72. The molecule has 2 aromatic rings. The number of aryl methyl sites for hydroxylation is 3. The molecule has 0 aliphatic heterocycles. The van der Waals surface area contributed by atoms with E-state index in [1.807, 2.05) is 51.1 Å². The van der Waals surface area contributed by atoms with Crippen LogP contribution < -0.4 is 5.32 Å². The van der Waals surface area contributed by atoms with Gasteiger partial charge in [0.05, 0.1) is 11.4 Å². The lowest BCUT2D eigenvalue weighted by atomic mass is 10.0. The minimum Gasteiger partial charge on any atom is -0.320 e. The highest BCUT2D eigenvalue weighted by atomic mass is 16.1. The number of rotatable bonds is 4. The van der Waals surface area contributed by atoms with Crippen molar-refractivity contribution in [3.63, 3.8) is 0 Å². The Labute approximate surface area is 132 Å². The number of amides is 1. The van der Waals surface area contributed by atoms with Crippen molar-refractivity contribution in [1.82, 2.24) is 4.98 Å². The molecule has 0 bridgehead atoms. The Balaban J connectivity index is 2.16. The summed E-state index contributed by atoms with van der Waals surface area (Å²) in [5, 5.41) is 2.98. The number of benzene rings is 1. The van der Waals surface area contributed by atoms with Gasteiger partial charge in [0.2, 0.25) is 0 Å². The second-order valence-corrected chi connectivity index (χ2v) is 6.29. The van der Waals surface area contributed by atoms with Crippen LogP contribution in [0.1, 0.15) is 46.7 Å². The maximum absolute atomic E-state index is 12.4. The molecule has 0 unspecified atom stereocenters. The number of carbonyl (C=O) groups is 1. The van der Waals surface area contributed by atoms with Crippen LogP contribution >= 0.6 is 0 Å². The van der Waals surface area contributed by atoms with Gasteiger partial charge in [-0.25, -0.2) is 0 Å². The van der Waals surface area contributed by atoms with Crippen molar-refractivity contribution in [2.75, 3.05) is 5.32 Å². The fraction of sp³-hybridized carbons (Fsp3) is 0.368. The molecule has 1 aromatic heterocycles. The van der Waals surface area contributed by atoms with Crippen molar-refractivity contribution in [3.05, 3.63) is 58.4 Å². The predicted molar refractivity (Wildman–Crippen MR) is 91.4 cm³/mol. The summed E-state index contributed by atoms with van der Waals surface area (Å²) in [6, 6.07) is 9.82. The molecule has 1 heterocycles. The highest BCUT2D eigenvalue weighted by Gasteiger charge is 2.11. The standard InChI is InChI=1S/C19H24N2O/c1-12(2)10-16-6-8-17(9-7-16)19(22)21-18-13(3)11-14(4)20-15(18)5/h6-9,11-12H,10H2,1-5H3,(H,21,22). The van der Waals surface area contributed by atoms with Gasteiger partial charge >= 0.3 is 0 Å². The van der Waals surface area contributed by atoms with E-state index >= 15 is 0 Å². The summed E-state index contributed by atoms with van der Waals surface area (Å²) in [5.74, 6) is 0.525. The van der Waals surface area contributed by atoms with Crippen molar-refractivity contribution in [1.29, 1.82) is 0 Å². The molecule has 3 nitrogen and oxygen atoms in total. The van der Waals surface area contributed by atoms with Crippen LogP contribution in [-0.4, -0.2) is 10.9 Å². The van der Waals surface area contributed by atoms with E-state index < -0.39 is 0 Å². The van der Waals surface area contributed by atoms with Gasteiger partial charge < -0.3 is 5.32 Å². The third-order valence-corrected chi connectivity index (χ3v) is 3.62. The third-order valence-electron chi connectivity index (χ3n) is 3.62. The van der Waals surface area contributed by atoms with E-state index in [9.17, 15) is 4.79 Å². The number of pyridine rings is 1. The van der Waals surface area contributed by atoms with Crippen LogP contribution in [0.15, 0.2) is 30.3 Å². The van der Waals surface area contributed by atoms with Crippen LogP contribution in [0.2, 0.25) is 0 Å². The zero-order valence-electron chi connectivity index (χ0n) is 14.0. The lowest BCUT2D eigenvalue weighted by Gasteiger charge is -2.12. The van der Waals surface area contributed by atoms with E-state index in [0.29, 0.717) is 11.5 Å². The van der Waals surface area contributed by atoms with Gasteiger partial charge in [-0.15, -0.1) is 0 Å². The summed E-state index contributed by atoms with van der Waals surface area (Å²) in [7, 11) is 0. The van der Waals surface area contributed by atoms with Crippen molar-refractivity contribution in [2.24, 2.45) is 5.92 Å². The zero-order chi connectivity index (χ0) is 16.3. The SMILES string of the molecule is Cc1cc(C)c(NC(=O)c2ccc(CC(C)C)cc2)c(C)n1. The molecule has 1 N–H and O–H groups in total. The number of nitrogens with zero attached hydrogens (tertiary/aromatic N) is 1. The fourth-order valence-corrected chi connectivity index (χ4v) is 2.66. The topological polar surface area (TPSA) is 42.0 Å². The fourth-order valence-electron chi connectivity index (χ4n) is 2.66. The highest BCUT2D eigenvalue weighted by molar-refractivity contribution is 6.04. The smallest absolute Gasteiger partial charge is 0.255 e. The number of hydrogen-bond acceptors (Lipinski definition) is 2. The molecule has 22 heavy (non-hydrogen) atoms. The molecule has 0 atom stereocenters. The van der Waals surface area contributed by atoms with E-state index in [0.717, 1.165) is 29.1 Å².